The van der Waals surface area contributed by atoms with Gasteiger partial charge in [-0.05, 0) is 75.4 Å². The minimum Gasteiger partial charge on any atom is -0.337 e. The SMILES string of the molecule is O=C1[C@@H](NS(=O)(=O)C=Cc2cccc(Br)c2)CCCN1CC(=O)N1CCC[C@H]1CN1CCCC1. The maximum atomic E-state index is 13.1. The monoisotopic (exact) mass is 552 g/mol. The van der Waals surface area contributed by atoms with Crippen molar-refractivity contribution >= 4 is 43.8 Å². The molecule has 1 aromatic carbocycles. The van der Waals surface area contributed by atoms with Gasteiger partial charge in [0.05, 0.1) is 6.54 Å². The first-order chi connectivity index (χ1) is 16.3. The zero-order valence-electron chi connectivity index (χ0n) is 19.4. The molecule has 0 spiro atoms. The van der Waals surface area contributed by atoms with Gasteiger partial charge in [-0.2, -0.15) is 4.72 Å². The number of hydrogen-bond acceptors (Lipinski definition) is 5. The maximum absolute atomic E-state index is 13.1. The fraction of sp³-hybridized carbons (Fsp3) is 0.583. The second-order valence-corrected chi connectivity index (χ2v) is 11.9. The van der Waals surface area contributed by atoms with Gasteiger partial charge in [0.2, 0.25) is 21.8 Å². The van der Waals surface area contributed by atoms with Gasteiger partial charge in [-0.3, -0.25) is 9.59 Å². The highest BCUT2D eigenvalue weighted by Gasteiger charge is 2.36. The van der Waals surface area contributed by atoms with Gasteiger partial charge in [-0.25, -0.2) is 8.42 Å². The second kappa shape index (κ2) is 11.3. The van der Waals surface area contributed by atoms with Gasteiger partial charge in [0, 0.05) is 35.6 Å². The molecule has 2 atom stereocenters. The summed E-state index contributed by atoms with van der Waals surface area (Å²) < 4.78 is 28.5. The summed E-state index contributed by atoms with van der Waals surface area (Å²) in [6, 6.07) is 6.64. The number of amides is 2. The van der Waals surface area contributed by atoms with Gasteiger partial charge in [0.25, 0.3) is 0 Å². The molecular weight excluding hydrogens is 520 g/mol. The van der Waals surface area contributed by atoms with Crippen LogP contribution < -0.4 is 4.72 Å². The van der Waals surface area contributed by atoms with Gasteiger partial charge in [0.15, 0.2) is 0 Å². The van der Waals surface area contributed by atoms with Crippen molar-refractivity contribution in [1.29, 1.82) is 0 Å². The van der Waals surface area contributed by atoms with E-state index in [1.807, 2.05) is 17.0 Å². The third kappa shape index (κ3) is 6.68. The normalized spacial score (nSPS) is 24.4. The second-order valence-electron chi connectivity index (χ2n) is 9.37. The summed E-state index contributed by atoms with van der Waals surface area (Å²) in [6.45, 7) is 4.33. The Kier molecular flexibility index (Phi) is 8.44. The van der Waals surface area contributed by atoms with Crippen LogP contribution in [0.1, 0.15) is 44.1 Å². The molecule has 2 amide bonds. The maximum Gasteiger partial charge on any atom is 0.242 e. The van der Waals surface area contributed by atoms with E-state index in [9.17, 15) is 18.0 Å². The number of halogens is 1. The van der Waals surface area contributed by atoms with Crippen molar-refractivity contribution < 1.29 is 18.0 Å². The molecule has 3 aliphatic rings. The highest BCUT2D eigenvalue weighted by atomic mass is 79.9. The predicted octanol–water partition coefficient (Wildman–Crippen LogP) is 2.42. The zero-order valence-corrected chi connectivity index (χ0v) is 21.8. The summed E-state index contributed by atoms with van der Waals surface area (Å²) in [7, 11) is -3.81. The molecule has 3 saturated heterocycles. The number of hydrogen-bond donors (Lipinski definition) is 1. The number of nitrogens with zero attached hydrogens (tertiary/aromatic N) is 3. The number of likely N-dealkylation sites (tertiary alicyclic amines) is 3. The topological polar surface area (TPSA) is 90.0 Å². The van der Waals surface area contributed by atoms with Gasteiger partial charge >= 0.3 is 0 Å². The van der Waals surface area contributed by atoms with Crippen LogP contribution in [0.5, 0.6) is 0 Å². The summed E-state index contributed by atoms with van der Waals surface area (Å²) in [4.78, 5) is 32.0. The Balaban J connectivity index is 1.33. The Labute approximate surface area is 210 Å². The van der Waals surface area contributed by atoms with E-state index in [-0.39, 0.29) is 24.4 Å². The fourth-order valence-electron chi connectivity index (χ4n) is 5.09. The molecule has 1 aromatic rings. The number of sulfonamides is 1. The van der Waals surface area contributed by atoms with Crippen molar-refractivity contribution in [2.75, 3.05) is 39.3 Å². The highest BCUT2D eigenvalue weighted by Crippen LogP contribution is 2.22. The molecule has 0 unspecified atom stereocenters. The van der Waals surface area contributed by atoms with Crippen molar-refractivity contribution in [3.63, 3.8) is 0 Å². The lowest BCUT2D eigenvalue weighted by Crippen LogP contribution is -2.55. The van der Waals surface area contributed by atoms with Crippen molar-refractivity contribution in [2.24, 2.45) is 0 Å². The number of carbonyl (C=O) groups excluding carboxylic acids is 2. The molecule has 10 heteroatoms. The average Bonchev–Trinajstić information content (AvgIpc) is 3.48. The average molecular weight is 554 g/mol. The van der Waals surface area contributed by atoms with Crippen LogP contribution >= 0.6 is 15.9 Å². The first kappa shape index (κ1) is 25.3. The molecule has 3 fully saturated rings. The smallest absolute Gasteiger partial charge is 0.242 e. The van der Waals surface area contributed by atoms with Gasteiger partial charge in [0.1, 0.15) is 6.04 Å². The van der Waals surface area contributed by atoms with E-state index in [2.05, 4.69) is 25.6 Å². The molecule has 3 aliphatic heterocycles. The number of piperidine rings is 1. The fourth-order valence-corrected chi connectivity index (χ4v) is 6.54. The number of carbonyl (C=O) groups is 2. The van der Waals surface area contributed by atoms with Crippen molar-refractivity contribution in [3.8, 4) is 0 Å². The molecular formula is C24H33BrN4O4S. The largest absolute Gasteiger partial charge is 0.337 e. The third-order valence-electron chi connectivity index (χ3n) is 6.82. The molecule has 0 aliphatic carbocycles. The van der Waals surface area contributed by atoms with Crippen molar-refractivity contribution in [2.45, 2.75) is 50.6 Å². The minimum atomic E-state index is -3.81. The van der Waals surface area contributed by atoms with Crippen LogP contribution in [-0.2, 0) is 19.6 Å². The Morgan fingerprint density at radius 1 is 1.09 bits per heavy atom. The standard InChI is InChI=1S/C24H33BrN4O4S/c25-20-7-3-6-19(16-20)10-15-34(32,33)26-22-9-5-13-28(24(22)31)18-23(30)29-14-4-8-21(29)17-27-11-1-2-12-27/h3,6-7,10,15-16,21-22,26H,1-2,4-5,8-9,11-14,17-18H2/t21-,22-/m0/s1. The first-order valence-corrected chi connectivity index (χ1v) is 14.4. The molecule has 0 radical (unpaired) electrons. The number of nitrogens with one attached hydrogen (secondary N) is 1. The number of benzene rings is 1. The summed E-state index contributed by atoms with van der Waals surface area (Å²) in [6.07, 6.45) is 7.01. The molecule has 0 saturated carbocycles. The molecule has 34 heavy (non-hydrogen) atoms. The quantitative estimate of drug-likeness (QED) is 0.534. The Bertz CT molecular complexity index is 1030. The minimum absolute atomic E-state index is 0.0153. The lowest BCUT2D eigenvalue weighted by Gasteiger charge is -2.34. The van der Waals surface area contributed by atoms with Crippen LogP contribution in [0.4, 0.5) is 0 Å². The van der Waals surface area contributed by atoms with Crippen LogP contribution in [0, 0.1) is 0 Å². The summed E-state index contributed by atoms with van der Waals surface area (Å²) in [5, 5.41) is 1.08. The molecule has 0 bridgehead atoms. The summed E-state index contributed by atoms with van der Waals surface area (Å²) in [5.41, 5.74) is 0.732. The van der Waals surface area contributed by atoms with E-state index in [0.717, 1.165) is 54.5 Å². The predicted molar refractivity (Wildman–Crippen MR) is 135 cm³/mol. The highest BCUT2D eigenvalue weighted by molar-refractivity contribution is 9.10. The van der Waals surface area contributed by atoms with E-state index in [0.29, 0.717) is 19.4 Å². The van der Waals surface area contributed by atoms with Crippen LogP contribution in [0.2, 0.25) is 0 Å². The molecule has 3 heterocycles. The summed E-state index contributed by atoms with van der Waals surface area (Å²) >= 11 is 3.36. The van der Waals surface area contributed by atoms with Crippen LogP contribution in [-0.4, -0.2) is 86.3 Å². The number of rotatable bonds is 8. The van der Waals surface area contributed by atoms with Crippen LogP contribution in [0.15, 0.2) is 34.1 Å². The zero-order chi connectivity index (χ0) is 24.1. The van der Waals surface area contributed by atoms with E-state index in [1.54, 1.807) is 12.1 Å². The lowest BCUT2D eigenvalue weighted by molar-refractivity contribution is -0.143. The summed E-state index contributed by atoms with van der Waals surface area (Å²) in [5.74, 6) is -0.359. The van der Waals surface area contributed by atoms with Gasteiger partial charge < -0.3 is 14.7 Å². The van der Waals surface area contributed by atoms with Gasteiger partial charge in [-0.15, -0.1) is 0 Å². The van der Waals surface area contributed by atoms with E-state index < -0.39 is 16.1 Å². The lowest BCUT2D eigenvalue weighted by atomic mass is 10.1. The van der Waals surface area contributed by atoms with Crippen molar-refractivity contribution in [1.82, 2.24) is 19.4 Å². The third-order valence-corrected chi connectivity index (χ3v) is 8.42. The Morgan fingerprint density at radius 2 is 1.85 bits per heavy atom. The molecule has 1 N–H and O–H groups in total. The van der Waals surface area contributed by atoms with E-state index >= 15 is 0 Å². The molecule has 186 valence electrons. The van der Waals surface area contributed by atoms with E-state index in [1.165, 1.54) is 23.8 Å². The van der Waals surface area contributed by atoms with Crippen LogP contribution in [0.3, 0.4) is 0 Å². The van der Waals surface area contributed by atoms with Crippen LogP contribution in [0.25, 0.3) is 6.08 Å². The molecule has 8 nitrogen and oxygen atoms in total. The van der Waals surface area contributed by atoms with Gasteiger partial charge in [-0.1, -0.05) is 28.1 Å². The first-order valence-electron chi connectivity index (χ1n) is 12.1. The van der Waals surface area contributed by atoms with Crippen molar-refractivity contribution in [3.05, 3.63) is 39.7 Å². The van der Waals surface area contributed by atoms with E-state index in [4.69, 9.17) is 0 Å². The molecule has 0 aromatic heterocycles. The Morgan fingerprint density at radius 3 is 2.62 bits per heavy atom. The molecule has 4 rings (SSSR count). The Hall–Kier alpha value is -1.75.